The highest BCUT2D eigenvalue weighted by atomic mass is 16.5. The molecular formula is C21H22N4O3. The molecule has 0 spiro atoms. The third-order valence-corrected chi connectivity index (χ3v) is 4.29. The van der Waals surface area contributed by atoms with E-state index in [0.717, 1.165) is 16.9 Å². The third kappa shape index (κ3) is 4.60. The second-order valence-electron chi connectivity index (χ2n) is 6.36. The van der Waals surface area contributed by atoms with E-state index in [1.807, 2.05) is 31.2 Å². The molecule has 2 aromatic carbocycles. The zero-order valence-electron chi connectivity index (χ0n) is 15.9. The second kappa shape index (κ2) is 8.91. The van der Waals surface area contributed by atoms with E-state index in [2.05, 4.69) is 21.4 Å². The van der Waals surface area contributed by atoms with Crippen molar-refractivity contribution in [3.05, 3.63) is 53.9 Å². The number of carbonyl (C=O) groups is 1. The number of methoxy groups -OCH3 is 1. The smallest absolute Gasteiger partial charge is 0.220 e. The van der Waals surface area contributed by atoms with Crippen molar-refractivity contribution in [2.24, 2.45) is 0 Å². The summed E-state index contributed by atoms with van der Waals surface area (Å²) < 4.78 is 10.9. The minimum absolute atomic E-state index is 0.0663. The van der Waals surface area contributed by atoms with E-state index in [0.29, 0.717) is 36.5 Å². The van der Waals surface area contributed by atoms with Gasteiger partial charge < -0.3 is 19.8 Å². The number of H-pyrrole nitrogens is 1. The van der Waals surface area contributed by atoms with Crippen LogP contribution in [0.15, 0.2) is 42.5 Å². The number of para-hydroxylation sites is 2. The minimum atomic E-state index is -0.209. The van der Waals surface area contributed by atoms with Crippen molar-refractivity contribution in [1.82, 2.24) is 15.3 Å². The summed E-state index contributed by atoms with van der Waals surface area (Å²) in [5.41, 5.74) is 2.33. The van der Waals surface area contributed by atoms with E-state index in [4.69, 9.17) is 14.7 Å². The fourth-order valence-corrected chi connectivity index (χ4v) is 2.83. The predicted octanol–water partition coefficient (Wildman–Crippen LogP) is 3.48. The number of carbonyl (C=O) groups excluding carboxylic acids is 1. The lowest BCUT2D eigenvalue weighted by molar-refractivity contribution is -0.122. The molecule has 0 saturated carbocycles. The summed E-state index contributed by atoms with van der Waals surface area (Å²) in [6.45, 7) is 2.27. The van der Waals surface area contributed by atoms with Crippen LogP contribution in [0.1, 0.15) is 37.2 Å². The Balaban J connectivity index is 1.46. The Morgan fingerprint density at radius 1 is 1.29 bits per heavy atom. The second-order valence-corrected chi connectivity index (χ2v) is 6.36. The van der Waals surface area contributed by atoms with Gasteiger partial charge in [0.15, 0.2) is 11.5 Å². The number of nitrogens with zero attached hydrogens (tertiary/aromatic N) is 2. The molecule has 3 rings (SSSR count). The van der Waals surface area contributed by atoms with Crippen molar-refractivity contribution in [1.29, 1.82) is 5.26 Å². The molecule has 0 saturated heterocycles. The molecule has 0 aliphatic heterocycles. The number of nitriles is 1. The maximum Gasteiger partial charge on any atom is 0.220 e. The Bertz CT molecular complexity index is 973. The normalized spacial score (nSPS) is 11.6. The maximum atomic E-state index is 12.2. The van der Waals surface area contributed by atoms with Crippen molar-refractivity contribution in [2.45, 2.75) is 25.8 Å². The highest BCUT2D eigenvalue weighted by molar-refractivity contribution is 5.77. The van der Waals surface area contributed by atoms with Gasteiger partial charge in [-0.15, -0.1) is 0 Å². The summed E-state index contributed by atoms with van der Waals surface area (Å²) in [5, 5.41) is 11.9. The van der Waals surface area contributed by atoms with Crippen molar-refractivity contribution < 1.29 is 14.3 Å². The van der Waals surface area contributed by atoms with Crippen LogP contribution in [0.4, 0.5) is 0 Å². The summed E-state index contributed by atoms with van der Waals surface area (Å²) in [4.78, 5) is 19.9. The number of hydrogen-bond acceptors (Lipinski definition) is 5. The number of ether oxygens (including phenoxy) is 2. The van der Waals surface area contributed by atoms with Crippen LogP contribution in [0, 0.1) is 11.3 Å². The molecule has 7 nitrogen and oxygen atoms in total. The molecule has 3 aromatic rings. The van der Waals surface area contributed by atoms with Gasteiger partial charge in [-0.05, 0) is 37.6 Å². The van der Waals surface area contributed by atoms with Gasteiger partial charge in [-0.3, -0.25) is 4.79 Å². The zero-order chi connectivity index (χ0) is 19.9. The lowest BCUT2D eigenvalue weighted by Gasteiger charge is -2.12. The van der Waals surface area contributed by atoms with Crippen LogP contribution in [-0.2, 0) is 4.79 Å². The van der Waals surface area contributed by atoms with Gasteiger partial charge in [-0.2, -0.15) is 5.26 Å². The lowest BCUT2D eigenvalue weighted by atomic mass is 10.2. The first-order valence-electron chi connectivity index (χ1n) is 9.05. The highest BCUT2D eigenvalue weighted by Crippen LogP contribution is 2.28. The Labute approximate surface area is 163 Å². The number of imidazole rings is 1. The fraction of sp³-hybridized carbons (Fsp3) is 0.286. The highest BCUT2D eigenvalue weighted by Gasteiger charge is 2.13. The molecule has 28 heavy (non-hydrogen) atoms. The molecule has 2 N–H and O–H groups in total. The molecule has 144 valence electrons. The Hall–Kier alpha value is -3.53. The number of nitrogens with one attached hydrogen (secondary N) is 2. The Kier molecular flexibility index (Phi) is 6.12. The van der Waals surface area contributed by atoms with Crippen molar-refractivity contribution in [2.75, 3.05) is 13.7 Å². The Morgan fingerprint density at radius 3 is 2.86 bits per heavy atom. The average molecular weight is 378 g/mol. The standard InChI is InChI=1S/C21H22N4O3/c1-14(21-24-16-6-3-4-7-17(16)25-21)23-20(26)8-5-11-28-18-10-9-15(13-22)12-19(18)27-2/h3-4,6-7,9-10,12,14H,5,8,11H2,1-2H3,(H,23,26)(H,24,25). The molecule has 1 atom stereocenters. The summed E-state index contributed by atoms with van der Waals surface area (Å²) >= 11 is 0. The molecule has 0 aliphatic carbocycles. The summed E-state index contributed by atoms with van der Waals surface area (Å²) in [5.74, 6) is 1.72. The van der Waals surface area contributed by atoms with E-state index in [9.17, 15) is 4.79 Å². The summed E-state index contributed by atoms with van der Waals surface area (Å²) in [7, 11) is 1.52. The number of aromatic nitrogens is 2. The first-order valence-corrected chi connectivity index (χ1v) is 9.05. The van der Waals surface area contributed by atoms with Crippen LogP contribution >= 0.6 is 0 Å². The molecule has 1 unspecified atom stereocenters. The first kappa shape index (κ1) is 19.2. The van der Waals surface area contributed by atoms with Gasteiger partial charge in [0.1, 0.15) is 5.82 Å². The fourth-order valence-electron chi connectivity index (χ4n) is 2.83. The summed E-state index contributed by atoms with van der Waals surface area (Å²) in [6, 6.07) is 14.6. The van der Waals surface area contributed by atoms with E-state index >= 15 is 0 Å². The monoisotopic (exact) mass is 378 g/mol. The number of benzene rings is 2. The lowest BCUT2D eigenvalue weighted by Crippen LogP contribution is -2.27. The van der Waals surface area contributed by atoms with Crippen LogP contribution in [0.2, 0.25) is 0 Å². The van der Waals surface area contributed by atoms with E-state index in [-0.39, 0.29) is 11.9 Å². The molecule has 0 fully saturated rings. The quantitative estimate of drug-likeness (QED) is 0.585. The van der Waals surface area contributed by atoms with Crippen molar-refractivity contribution in [3.8, 4) is 17.6 Å². The van der Waals surface area contributed by atoms with Crippen molar-refractivity contribution in [3.63, 3.8) is 0 Å². The van der Waals surface area contributed by atoms with E-state index in [1.165, 1.54) is 7.11 Å². The average Bonchev–Trinajstić information content (AvgIpc) is 3.15. The molecular weight excluding hydrogens is 356 g/mol. The largest absolute Gasteiger partial charge is 0.493 e. The van der Waals surface area contributed by atoms with Gasteiger partial charge in [0, 0.05) is 12.5 Å². The first-order chi connectivity index (χ1) is 13.6. The summed E-state index contributed by atoms with van der Waals surface area (Å²) in [6.07, 6.45) is 0.894. The van der Waals surface area contributed by atoms with E-state index < -0.39 is 0 Å². The van der Waals surface area contributed by atoms with Crippen LogP contribution in [-0.4, -0.2) is 29.6 Å². The van der Waals surface area contributed by atoms with Gasteiger partial charge in [0.25, 0.3) is 0 Å². The number of amides is 1. The molecule has 7 heteroatoms. The van der Waals surface area contributed by atoms with Gasteiger partial charge in [0.05, 0.1) is 42.4 Å². The molecule has 1 heterocycles. The Morgan fingerprint density at radius 2 is 2.11 bits per heavy atom. The molecule has 1 aromatic heterocycles. The van der Waals surface area contributed by atoms with Gasteiger partial charge in [-0.1, -0.05) is 12.1 Å². The number of hydrogen-bond donors (Lipinski definition) is 2. The van der Waals surface area contributed by atoms with Gasteiger partial charge in [0.2, 0.25) is 5.91 Å². The predicted molar refractivity (Wildman–Crippen MR) is 105 cm³/mol. The minimum Gasteiger partial charge on any atom is -0.493 e. The van der Waals surface area contributed by atoms with E-state index in [1.54, 1.807) is 18.2 Å². The SMILES string of the molecule is COc1cc(C#N)ccc1OCCCC(=O)NC(C)c1nc2ccccc2[nH]1. The van der Waals surface area contributed by atoms with Crippen LogP contribution in [0.5, 0.6) is 11.5 Å². The zero-order valence-corrected chi connectivity index (χ0v) is 15.9. The number of fused-ring (bicyclic) bond motifs is 1. The maximum absolute atomic E-state index is 12.2. The van der Waals surface area contributed by atoms with Crippen molar-refractivity contribution >= 4 is 16.9 Å². The molecule has 1 amide bonds. The molecule has 0 radical (unpaired) electrons. The van der Waals surface area contributed by atoms with Crippen LogP contribution < -0.4 is 14.8 Å². The number of aromatic amines is 1. The van der Waals surface area contributed by atoms with Gasteiger partial charge >= 0.3 is 0 Å². The van der Waals surface area contributed by atoms with Crippen LogP contribution in [0.3, 0.4) is 0 Å². The molecule has 0 bridgehead atoms. The van der Waals surface area contributed by atoms with Gasteiger partial charge in [-0.25, -0.2) is 4.98 Å². The topological polar surface area (TPSA) is 100 Å². The van der Waals surface area contributed by atoms with Crippen LogP contribution in [0.25, 0.3) is 11.0 Å². The molecule has 0 aliphatic rings. The number of rotatable bonds is 8. The third-order valence-electron chi connectivity index (χ3n) is 4.29.